The molecule has 0 radical (unpaired) electrons. The molecule has 0 aliphatic heterocycles. The van der Waals surface area contributed by atoms with Gasteiger partial charge >= 0.3 is 0 Å². The Kier molecular flexibility index (Phi) is 6.54. The fourth-order valence-corrected chi connectivity index (χ4v) is 2.42. The van der Waals surface area contributed by atoms with Crippen molar-refractivity contribution >= 4 is 18.1 Å². The topological polar surface area (TPSA) is 80.8 Å². The first-order valence-electron chi connectivity index (χ1n) is 8.27. The predicted octanol–water partition coefficient (Wildman–Crippen LogP) is 2.68. The lowest BCUT2D eigenvalue weighted by atomic mass is 10.2. The minimum absolute atomic E-state index is 0.249. The fraction of sp³-hybridized carbons (Fsp3) is 0.316. The summed E-state index contributed by atoms with van der Waals surface area (Å²) in [7, 11) is 3.21. The highest BCUT2D eigenvalue weighted by atomic mass is 16.5. The number of rotatable bonds is 8. The van der Waals surface area contributed by atoms with Gasteiger partial charge in [0.2, 0.25) is 18.2 Å². The van der Waals surface area contributed by atoms with Crippen LogP contribution in [-0.4, -0.2) is 37.5 Å². The van der Waals surface area contributed by atoms with Gasteiger partial charge in [0.25, 0.3) is 0 Å². The van der Waals surface area contributed by atoms with Crippen molar-refractivity contribution in [3.05, 3.63) is 42.0 Å². The molecule has 7 nitrogen and oxygen atoms in total. The average Bonchev–Trinajstić information content (AvgIpc) is 2.66. The zero-order chi connectivity index (χ0) is 19.1. The van der Waals surface area contributed by atoms with Crippen molar-refractivity contribution in [2.45, 2.75) is 26.3 Å². The van der Waals surface area contributed by atoms with Crippen molar-refractivity contribution in [1.82, 2.24) is 10.3 Å². The molecule has 2 amide bonds. The molecule has 1 N–H and O–H groups in total. The molecular weight excluding hydrogens is 334 g/mol. The maximum Gasteiger partial charge on any atom is 0.250 e. The monoisotopic (exact) mass is 357 g/mol. The van der Waals surface area contributed by atoms with Crippen LogP contribution < -0.4 is 19.7 Å². The van der Waals surface area contributed by atoms with E-state index in [1.54, 1.807) is 38.4 Å². The number of aromatic nitrogens is 1. The molecular formula is C19H23N3O4. The smallest absolute Gasteiger partial charge is 0.250 e. The lowest BCUT2D eigenvalue weighted by Crippen LogP contribution is -2.44. The van der Waals surface area contributed by atoms with E-state index >= 15 is 0 Å². The SMILES string of the molecule is CCC(NC=O)C(=O)N(C)c1cccc(Oc2ccc(C)c(OC)c2)n1. The summed E-state index contributed by atoms with van der Waals surface area (Å²) in [5.74, 6) is 1.83. The highest BCUT2D eigenvalue weighted by Gasteiger charge is 2.21. The molecule has 138 valence electrons. The lowest BCUT2D eigenvalue weighted by Gasteiger charge is -2.22. The summed E-state index contributed by atoms with van der Waals surface area (Å²) in [6.07, 6.45) is 1.01. The number of nitrogens with one attached hydrogen (secondary N) is 1. The number of benzene rings is 1. The van der Waals surface area contributed by atoms with Crippen LogP contribution in [0.1, 0.15) is 18.9 Å². The third-order valence-corrected chi connectivity index (χ3v) is 3.96. The van der Waals surface area contributed by atoms with E-state index in [9.17, 15) is 9.59 Å². The Balaban J connectivity index is 2.19. The van der Waals surface area contributed by atoms with Crippen LogP contribution in [0.2, 0.25) is 0 Å². The molecule has 0 bridgehead atoms. The van der Waals surface area contributed by atoms with Gasteiger partial charge < -0.3 is 14.8 Å². The summed E-state index contributed by atoms with van der Waals surface area (Å²) in [6.45, 7) is 3.77. The number of hydrogen-bond acceptors (Lipinski definition) is 5. The third kappa shape index (κ3) is 4.50. The number of hydrogen-bond donors (Lipinski definition) is 1. The van der Waals surface area contributed by atoms with E-state index in [1.165, 1.54) is 4.90 Å². The molecule has 0 saturated carbocycles. The van der Waals surface area contributed by atoms with E-state index in [0.29, 0.717) is 30.3 Å². The number of aryl methyl sites for hydroxylation is 1. The van der Waals surface area contributed by atoms with Gasteiger partial charge in [-0.05, 0) is 31.0 Å². The molecule has 26 heavy (non-hydrogen) atoms. The van der Waals surface area contributed by atoms with E-state index in [0.717, 1.165) is 11.3 Å². The molecule has 0 aliphatic rings. The largest absolute Gasteiger partial charge is 0.496 e. The molecule has 2 rings (SSSR count). The molecule has 0 saturated heterocycles. The van der Waals surface area contributed by atoms with Crippen LogP contribution in [0.25, 0.3) is 0 Å². The Morgan fingerprint density at radius 3 is 2.77 bits per heavy atom. The van der Waals surface area contributed by atoms with Gasteiger partial charge in [-0.1, -0.05) is 19.1 Å². The van der Waals surface area contributed by atoms with Gasteiger partial charge in [0, 0.05) is 19.2 Å². The number of carbonyl (C=O) groups is 2. The van der Waals surface area contributed by atoms with Crippen LogP contribution >= 0.6 is 0 Å². The molecule has 0 aliphatic carbocycles. The summed E-state index contributed by atoms with van der Waals surface area (Å²) in [5.41, 5.74) is 1.00. The van der Waals surface area contributed by atoms with Gasteiger partial charge in [0.05, 0.1) is 7.11 Å². The minimum atomic E-state index is -0.592. The number of methoxy groups -OCH3 is 1. The quantitative estimate of drug-likeness (QED) is 0.735. The summed E-state index contributed by atoms with van der Waals surface area (Å²) < 4.78 is 11.1. The Morgan fingerprint density at radius 2 is 2.12 bits per heavy atom. The van der Waals surface area contributed by atoms with Gasteiger partial charge in [-0.2, -0.15) is 4.98 Å². The van der Waals surface area contributed by atoms with E-state index in [1.807, 2.05) is 26.0 Å². The van der Waals surface area contributed by atoms with Gasteiger partial charge in [0.15, 0.2) is 0 Å². The first-order valence-corrected chi connectivity index (χ1v) is 8.27. The Labute approximate surface area is 152 Å². The highest BCUT2D eigenvalue weighted by Crippen LogP contribution is 2.28. The molecule has 2 aromatic rings. The highest BCUT2D eigenvalue weighted by molar-refractivity contribution is 5.96. The number of nitrogens with zero attached hydrogens (tertiary/aromatic N) is 2. The van der Waals surface area contributed by atoms with Crippen molar-refractivity contribution in [3.8, 4) is 17.4 Å². The van der Waals surface area contributed by atoms with Gasteiger partial charge in [-0.25, -0.2) is 0 Å². The van der Waals surface area contributed by atoms with Crippen LogP contribution in [-0.2, 0) is 9.59 Å². The molecule has 0 spiro atoms. The van der Waals surface area contributed by atoms with Crippen molar-refractivity contribution < 1.29 is 19.1 Å². The third-order valence-electron chi connectivity index (χ3n) is 3.96. The normalized spacial score (nSPS) is 11.4. The second-order valence-electron chi connectivity index (χ2n) is 5.71. The number of carbonyl (C=O) groups excluding carboxylic acids is 2. The van der Waals surface area contributed by atoms with Crippen molar-refractivity contribution in [2.75, 3.05) is 19.1 Å². The first kappa shape index (κ1) is 19.2. The van der Waals surface area contributed by atoms with Gasteiger partial charge in [-0.3, -0.25) is 14.5 Å². The molecule has 7 heteroatoms. The molecule has 1 aromatic carbocycles. The second-order valence-corrected chi connectivity index (χ2v) is 5.71. The van der Waals surface area contributed by atoms with E-state index < -0.39 is 6.04 Å². The number of anilines is 1. The van der Waals surface area contributed by atoms with Crippen LogP contribution in [0.15, 0.2) is 36.4 Å². The summed E-state index contributed by atoms with van der Waals surface area (Å²) in [4.78, 5) is 28.9. The summed E-state index contributed by atoms with van der Waals surface area (Å²) in [5, 5.41) is 2.51. The molecule has 0 fully saturated rings. The fourth-order valence-electron chi connectivity index (χ4n) is 2.42. The standard InChI is InChI=1S/C19H23N3O4/c1-5-15(20-12-23)19(24)22(3)17-7-6-8-18(21-17)26-14-10-9-13(2)16(11-14)25-4/h6-12,15H,5H2,1-4H3,(H,20,23). The van der Waals surface area contributed by atoms with E-state index in [-0.39, 0.29) is 5.91 Å². The number of likely N-dealkylation sites (N-methyl/N-ethyl adjacent to an activating group) is 1. The summed E-state index contributed by atoms with van der Waals surface area (Å²) in [6, 6.07) is 10.1. The predicted molar refractivity (Wildman–Crippen MR) is 98.7 cm³/mol. The van der Waals surface area contributed by atoms with Crippen LogP contribution in [0.4, 0.5) is 5.82 Å². The Hall–Kier alpha value is -3.09. The average molecular weight is 357 g/mol. The number of amides is 2. The van der Waals surface area contributed by atoms with Gasteiger partial charge in [0.1, 0.15) is 23.4 Å². The number of ether oxygens (including phenoxy) is 2. The van der Waals surface area contributed by atoms with E-state index in [4.69, 9.17) is 9.47 Å². The summed E-state index contributed by atoms with van der Waals surface area (Å²) >= 11 is 0. The maximum atomic E-state index is 12.5. The van der Waals surface area contributed by atoms with Crippen LogP contribution in [0, 0.1) is 6.92 Å². The zero-order valence-electron chi connectivity index (χ0n) is 15.4. The van der Waals surface area contributed by atoms with Crippen LogP contribution in [0.5, 0.6) is 17.4 Å². The van der Waals surface area contributed by atoms with Crippen LogP contribution in [0.3, 0.4) is 0 Å². The van der Waals surface area contributed by atoms with Crippen molar-refractivity contribution in [3.63, 3.8) is 0 Å². The second kappa shape index (κ2) is 8.84. The lowest BCUT2D eigenvalue weighted by molar-refractivity contribution is -0.123. The zero-order valence-corrected chi connectivity index (χ0v) is 15.4. The molecule has 1 heterocycles. The maximum absolute atomic E-state index is 12.5. The Morgan fingerprint density at radius 1 is 1.35 bits per heavy atom. The Bertz CT molecular complexity index is 779. The molecule has 1 atom stereocenters. The first-order chi connectivity index (χ1) is 12.5. The van der Waals surface area contributed by atoms with E-state index in [2.05, 4.69) is 10.3 Å². The van der Waals surface area contributed by atoms with Crippen molar-refractivity contribution in [1.29, 1.82) is 0 Å². The molecule has 1 unspecified atom stereocenters. The van der Waals surface area contributed by atoms with Gasteiger partial charge in [-0.15, -0.1) is 0 Å². The molecule has 1 aromatic heterocycles. The number of pyridine rings is 1. The van der Waals surface area contributed by atoms with Crippen molar-refractivity contribution in [2.24, 2.45) is 0 Å². The minimum Gasteiger partial charge on any atom is -0.496 e.